The normalized spacial score (nSPS) is 13.9. The van der Waals surface area contributed by atoms with Crippen LogP contribution in [0.4, 0.5) is 26.3 Å². The summed E-state index contributed by atoms with van der Waals surface area (Å²) in [6.45, 7) is 0.686. The van der Waals surface area contributed by atoms with Gasteiger partial charge in [0.05, 0.1) is 11.1 Å². The van der Waals surface area contributed by atoms with Gasteiger partial charge in [-0.25, -0.2) is 4.79 Å². The predicted molar refractivity (Wildman–Crippen MR) is 57.7 cm³/mol. The minimum Gasteiger partial charge on any atom is -0.478 e. The van der Waals surface area contributed by atoms with Gasteiger partial charge in [-0.3, -0.25) is 0 Å². The van der Waals surface area contributed by atoms with E-state index in [1.165, 1.54) is 0 Å². The third-order valence-corrected chi connectivity index (χ3v) is 2.46. The van der Waals surface area contributed by atoms with Crippen LogP contribution in [0.3, 0.4) is 0 Å². The molecule has 8 heteroatoms. The Kier molecular flexibility index (Phi) is 4.16. The van der Waals surface area contributed by atoms with Crippen molar-refractivity contribution in [1.82, 2.24) is 0 Å². The van der Waals surface area contributed by atoms with Gasteiger partial charge in [0.15, 0.2) is 0 Å². The Morgan fingerprint density at radius 1 is 1.10 bits per heavy atom. The van der Waals surface area contributed by atoms with Crippen LogP contribution < -0.4 is 0 Å². The summed E-state index contributed by atoms with van der Waals surface area (Å²) in [5, 5.41) is 8.63. The molecule has 0 aliphatic carbocycles. The van der Waals surface area contributed by atoms with E-state index in [-0.39, 0.29) is 6.07 Å². The molecule has 0 heterocycles. The summed E-state index contributed by atoms with van der Waals surface area (Å²) in [5.41, 5.74) is -4.80. The SMILES string of the molecule is C/C(C(=O)O)=C(/c1cccc(C(F)(F)F)c1)C(F)(F)F. The van der Waals surface area contributed by atoms with Gasteiger partial charge in [-0.1, -0.05) is 12.1 Å². The van der Waals surface area contributed by atoms with Gasteiger partial charge in [0.25, 0.3) is 0 Å². The van der Waals surface area contributed by atoms with Gasteiger partial charge in [0.1, 0.15) is 0 Å². The fraction of sp³-hybridized carbons (Fsp3) is 0.250. The first-order valence-electron chi connectivity index (χ1n) is 5.13. The number of carbonyl (C=O) groups is 1. The van der Waals surface area contributed by atoms with Crippen LogP contribution >= 0.6 is 0 Å². The molecule has 1 aromatic rings. The average molecular weight is 298 g/mol. The van der Waals surface area contributed by atoms with Crippen molar-refractivity contribution >= 4 is 11.5 Å². The highest BCUT2D eigenvalue weighted by atomic mass is 19.4. The Bertz CT molecular complexity index is 554. The first-order valence-corrected chi connectivity index (χ1v) is 5.13. The second-order valence-electron chi connectivity index (χ2n) is 3.88. The second kappa shape index (κ2) is 5.18. The fourth-order valence-corrected chi connectivity index (χ4v) is 1.55. The lowest BCUT2D eigenvalue weighted by Gasteiger charge is -2.15. The molecule has 0 saturated carbocycles. The monoisotopic (exact) mass is 298 g/mol. The molecule has 0 bridgehead atoms. The van der Waals surface area contributed by atoms with Gasteiger partial charge in [-0.05, 0) is 24.6 Å². The molecule has 0 saturated heterocycles. The van der Waals surface area contributed by atoms with Gasteiger partial charge >= 0.3 is 18.3 Å². The highest BCUT2D eigenvalue weighted by Crippen LogP contribution is 2.38. The standard InChI is InChI=1S/C12H8F6O2/c1-6(10(19)20)9(12(16,17)18)7-3-2-4-8(5-7)11(13,14)15/h2-5H,1H3,(H,19,20)/b9-6+. The maximum absolute atomic E-state index is 12.8. The molecule has 0 fully saturated rings. The number of alkyl halides is 6. The Morgan fingerprint density at radius 2 is 1.65 bits per heavy atom. The highest BCUT2D eigenvalue weighted by molar-refractivity contribution is 5.97. The smallest absolute Gasteiger partial charge is 0.417 e. The summed E-state index contributed by atoms with van der Waals surface area (Å²) in [6.07, 6.45) is -9.89. The third kappa shape index (κ3) is 3.52. The molecular formula is C12H8F6O2. The number of hydrogen-bond acceptors (Lipinski definition) is 1. The number of carboxylic acid groups (broad SMARTS) is 1. The Morgan fingerprint density at radius 3 is 2.05 bits per heavy atom. The van der Waals surface area contributed by atoms with Gasteiger partial charge in [-0.15, -0.1) is 0 Å². The van der Waals surface area contributed by atoms with Crippen LogP contribution in [0.5, 0.6) is 0 Å². The quantitative estimate of drug-likeness (QED) is 0.658. The van der Waals surface area contributed by atoms with Gasteiger partial charge < -0.3 is 5.11 Å². The van der Waals surface area contributed by atoms with Crippen LogP contribution in [-0.2, 0) is 11.0 Å². The molecule has 0 aliphatic rings. The Balaban J connectivity index is 3.53. The van der Waals surface area contributed by atoms with E-state index in [1.807, 2.05) is 0 Å². The first kappa shape index (κ1) is 16.1. The molecule has 0 atom stereocenters. The van der Waals surface area contributed by atoms with E-state index in [2.05, 4.69) is 0 Å². The maximum atomic E-state index is 12.8. The Hall–Kier alpha value is -1.99. The summed E-state index contributed by atoms with van der Waals surface area (Å²) in [6, 6.07) is 2.45. The minimum atomic E-state index is -5.08. The summed E-state index contributed by atoms with van der Waals surface area (Å²) in [4.78, 5) is 10.7. The van der Waals surface area contributed by atoms with Crippen LogP contribution in [0.15, 0.2) is 29.8 Å². The van der Waals surface area contributed by atoms with E-state index in [4.69, 9.17) is 5.11 Å². The van der Waals surface area contributed by atoms with Gasteiger partial charge in [0.2, 0.25) is 0 Å². The first-order chi connectivity index (χ1) is 8.94. The molecule has 0 unspecified atom stereocenters. The molecule has 1 aromatic carbocycles. The van der Waals surface area contributed by atoms with Crippen LogP contribution in [-0.4, -0.2) is 17.3 Å². The van der Waals surface area contributed by atoms with Crippen LogP contribution in [0.25, 0.3) is 5.57 Å². The number of aliphatic carboxylic acids is 1. The number of halogens is 6. The molecule has 1 rings (SSSR count). The molecule has 110 valence electrons. The van der Waals surface area contributed by atoms with Crippen molar-refractivity contribution in [3.63, 3.8) is 0 Å². The van der Waals surface area contributed by atoms with Gasteiger partial charge in [0, 0.05) is 5.57 Å². The van der Waals surface area contributed by atoms with Crippen LogP contribution in [0.2, 0.25) is 0 Å². The van der Waals surface area contributed by atoms with Crippen LogP contribution in [0.1, 0.15) is 18.1 Å². The number of hydrogen-bond donors (Lipinski definition) is 1. The lowest BCUT2D eigenvalue weighted by molar-refractivity contribution is -0.137. The van der Waals surface area contributed by atoms with Crippen molar-refractivity contribution in [2.24, 2.45) is 0 Å². The maximum Gasteiger partial charge on any atom is 0.417 e. The third-order valence-electron chi connectivity index (χ3n) is 2.46. The van der Waals surface area contributed by atoms with E-state index in [1.54, 1.807) is 0 Å². The molecular weight excluding hydrogens is 290 g/mol. The van der Waals surface area contributed by atoms with Crippen molar-refractivity contribution in [1.29, 1.82) is 0 Å². The van der Waals surface area contributed by atoms with Crippen molar-refractivity contribution < 1.29 is 36.2 Å². The molecule has 0 aliphatic heterocycles. The number of carboxylic acids is 1. The average Bonchev–Trinajstić information content (AvgIpc) is 2.26. The van der Waals surface area contributed by atoms with Crippen molar-refractivity contribution in [2.45, 2.75) is 19.3 Å². The zero-order chi connectivity index (χ0) is 15.7. The second-order valence-corrected chi connectivity index (χ2v) is 3.88. The summed E-state index contributed by atoms with van der Waals surface area (Å²) in [5.74, 6) is -1.85. The molecule has 0 spiro atoms. The molecule has 0 amide bonds. The topological polar surface area (TPSA) is 37.3 Å². The zero-order valence-corrected chi connectivity index (χ0v) is 9.93. The summed E-state index contributed by atoms with van der Waals surface area (Å²) >= 11 is 0. The Labute approximate surface area is 109 Å². The molecule has 0 aromatic heterocycles. The lowest BCUT2D eigenvalue weighted by atomic mass is 9.98. The minimum absolute atomic E-state index is 0.273. The van der Waals surface area contributed by atoms with Crippen molar-refractivity contribution in [2.75, 3.05) is 0 Å². The predicted octanol–water partition coefficient (Wildman–Crippen LogP) is 4.13. The summed E-state index contributed by atoms with van der Waals surface area (Å²) in [7, 11) is 0. The molecule has 2 nitrogen and oxygen atoms in total. The highest BCUT2D eigenvalue weighted by Gasteiger charge is 2.39. The van der Waals surface area contributed by atoms with Crippen molar-refractivity contribution in [3.8, 4) is 0 Å². The number of benzene rings is 1. The van der Waals surface area contributed by atoms with E-state index in [9.17, 15) is 31.1 Å². The molecule has 20 heavy (non-hydrogen) atoms. The molecule has 0 radical (unpaired) electrons. The zero-order valence-electron chi connectivity index (χ0n) is 9.93. The fourth-order valence-electron chi connectivity index (χ4n) is 1.55. The van der Waals surface area contributed by atoms with E-state index < -0.39 is 40.6 Å². The van der Waals surface area contributed by atoms with E-state index >= 15 is 0 Å². The van der Waals surface area contributed by atoms with E-state index in [0.717, 1.165) is 12.1 Å². The van der Waals surface area contributed by atoms with Gasteiger partial charge in [-0.2, -0.15) is 26.3 Å². The lowest BCUT2D eigenvalue weighted by Crippen LogP contribution is -2.16. The number of allylic oxidation sites excluding steroid dienone is 1. The summed E-state index contributed by atoms with van der Waals surface area (Å²) < 4.78 is 75.9. The van der Waals surface area contributed by atoms with Crippen LogP contribution in [0, 0.1) is 0 Å². The van der Waals surface area contributed by atoms with Crippen molar-refractivity contribution in [3.05, 3.63) is 41.0 Å². The molecule has 1 N–H and O–H groups in total. The largest absolute Gasteiger partial charge is 0.478 e. The van der Waals surface area contributed by atoms with E-state index in [0.29, 0.717) is 13.0 Å². The number of rotatable bonds is 2.